The van der Waals surface area contributed by atoms with Gasteiger partial charge in [-0.05, 0) is 31.4 Å². The van der Waals surface area contributed by atoms with Gasteiger partial charge < -0.3 is 19.1 Å². The molecule has 0 radical (unpaired) electrons. The van der Waals surface area contributed by atoms with Crippen LogP contribution in [0.15, 0.2) is 24.3 Å². The summed E-state index contributed by atoms with van der Waals surface area (Å²) in [7, 11) is 1.67. The van der Waals surface area contributed by atoms with Crippen molar-refractivity contribution >= 4 is 6.09 Å². The molecule has 1 amide bonds. The molecule has 1 heterocycles. The van der Waals surface area contributed by atoms with Crippen molar-refractivity contribution in [1.29, 1.82) is 0 Å². The first-order chi connectivity index (χ1) is 10.3. The Morgan fingerprint density at radius 2 is 1.90 bits per heavy atom. The number of rotatable bonds is 6. The Kier molecular flexibility index (Phi) is 6.34. The molecule has 1 aliphatic heterocycles. The van der Waals surface area contributed by atoms with Crippen LogP contribution in [0.3, 0.4) is 0 Å². The molecule has 1 aliphatic rings. The van der Waals surface area contributed by atoms with Crippen molar-refractivity contribution in [1.82, 2.24) is 4.90 Å². The van der Waals surface area contributed by atoms with E-state index in [1.807, 2.05) is 12.1 Å². The van der Waals surface area contributed by atoms with Gasteiger partial charge >= 0.3 is 6.09 Å². The van der Waals surface area contributed by atoms with E-state index in [1.165, 1.54) is 6.42 Å². The molecule has 5 heteroatoms. The first kappa shape index (κ1) is 15.6. The molecular weight excluding hydrogens is 270 g/mol. The number of hydrogen-bond donors (Lipinski definition) is 0. The van der Waals surface area contributed by atoms with Crippen LogP contribution in [-0.4, -0.2) is 44.4 Å². The average Bonchev–Trinajstić information content (AvgIpc) is 2.53. The lowest BCUT2D eigenvalue weighted by atomic mass is 10.1. The molecule has 0 aliphatic carbocycles. The van der Waals surface area contributed by atoms with Crippen LogP contribution in [0.2, 0.25) is 0 Å². The summed E-state index contributed by atoms with van der Waals surface area (Å²) in [4.78, 5) is 13.8. The van der Waals surface area contributed by atoms with Crippen molar-refractivity contribution in [2.75, 3.05) is 33.4 Å². The van der Waals surface area contributed by atoms with E-state index in [1.54, 1.807) is 24.1 Å². The maximum Gasteiger partial charge on any atom is 0.415 e. The predicted octanol–water partition coefficient (Wildman–Crippen LogP) is 3.09. The Labute approximate surface area is 125 Å². The highest BCUT2D eigenvalue weighted by atomic mass is 16.6. The van der Waals surface area contributed by atoms with Gasteiger partial charge in [0.25, 0.3) is 0 Å². The van der Waals surface area contributed by atoms with Crippen molar-refractivity contribution in [2.45, 2.75) is 25.7 Å². The molecule has 0 atom stereocenters. The maximum absolute atomic E-state index is 12.0. The molecule has 1 aromatic carbocycles. The number of likely N-dealkylation sites (tertiary alicyclic amines) is 1. The van der Waals surface area contributed by atoms with E-state index in [4.69, 9.17) is 14.2 Å². The summed E-state index contributed by atoms with van der Waals surface area (Å²) in [6.07, 6.45) is 3.85. The Morgan fingerprint density at radius 1 is 1.14 bits per heavy atom. The monoisotopic (exact) mass is 293 g/mol. The molecule has 1 saturated heterocycles. The third kappa shape index (κ3) is 5.27. The quantitative estimate of drug-likeness (QED) is 0.756. The Balaban J connectivity index is 1.83. The number of benzene rings is 1. The lowest BCUT2D eigenvalue weighted by Crippen LogP contribution is -2.37. The highest BCUT2D eigenvalue weighted by Crippen LogP contribution is 2.21. The molecule has 0 bridgehead atoms. The minimum atomic E-state index is -0.272. The minimum absolute atomic E-state index is 0.272. The molecule has 5 nitrogen and oxygen atoms in total. The average molecular weight is 293 g/mol. The van der Waals surface area contributed by atoms with E-state index < -0.39 is 0 Å². The van der Waals surface area contributed by atoms with E-state index >= 15 is 0 Å². The van der Waals surface area contributed by atoms with Gasteiger partial charge in [-0.3, -0.25) is 0 Å². The van der Waals surface area contributed by atoms with Crippen LogP contribution in [0.5, 0.6) is 11.5 Å². The second kappa shape index (κ2) is 8.52. The second-order valence-electron chi connectivity index (χ2n) is 5.09. The predicted molar refractivity (Wildman–Crippen MR) is 79.9 cm³/mol. The molecule has 1 fully saturated rings. The summed E-state index contributed by atoms with van der Waals surface area (Å²) >= 11 is 0. The smallest absolute Gasteiger partial charge is 0.415 e. The highest BCUT2D eigenvalue weighted by Gasteiger charge is 2.18. The van der Waals surface area contributed by atoms with E-state index in [0.717, 1.165) is 32.4 Å². The van der Waals surface area contributed by atoms with Gasteiger partial charge in [-0.2, -0.15) is 0 Å². The van der Waals surface area contributed by atoms with E-state index in [2.05, 4.69) is 0 Å². The van der Waals surface area contributed by atoms with Crippen LogP contribution in [0.4, 0.5) is 4.79 Å². The van der Waals surface area contributed by atoms with Crippen LogP contribution >= 0.6 is 0 Å². The lowest BCUT2D eigenvalue weighted by Gasteiger charge is -2.25. The zero-order valence-electron chi connectivity index (χ0n) is 12.5. The topological polar surface area (TPSA) is 48.0 Å². The zero-order valence-corrected chi connectivity index (χ0v) is 12.5. The molecule has 0 spiro atoms. The van der Waals surface area contributed by atoms with Gasteiger partial charge in [-0.25, -0.2) is 4.79 Å². The summed E-state index contributed by atoms with van der Waals surface area (Å²) < 4.78 is 16.0. The van der Waals surface area contributed by atoms with Crippen molar-refractivity contribution in [2.24, 2.45) is 0 Å². The summed E-state index contributed by atoms with van der Waals surface area (Å²) in [6.45, 7) is 2.82. The SMILES string of the molecule is COCCCOc1cccc(OC(=O)N2CCCCC2)c1. The van der Waals surface area contributed by atoms with Gasteiger partial charge in [0.2, 0.25) is 0 Å². The number of hydrogen-bond acceptors (Lipinski definition) is 4. The van der Waals surface area contributed by atoms with Crippen LogP contribution < -0.4 is 9.47 Å². The van der Waals surface area contributed by atoms with Crippen molar-refractivity contribution in [3.8, 4) is 11.5 Å². The first-order valence-electron chi connectivity index (χ1n) is 7.48. The molecule has 0 unspecified atom stereocenters. The van der Waals surface area contributed by atoms with Crippen LogP contribution in [-0.2, 0) is 4.74 Å². The zero-order chi connectivity index (χ0) is 14.9. The molecule has 2 rings (SSSR count). The van der Waals surface area contributed by atoms with E-state index in [0.29, 0.717) is 24.7 Å². The van der Waals surface area contributed by atoms with Crippen LogP contribution in [0, 0.1) is 0 Å². The minimum Gasteiger partial charge on any atom is -0.493 e. The van der Waals surface area contributed by atoms with Crippen LogP contribution in [0.1, 0.15) is 25.7 Å². The fourth-order valence-electron chi connectivity index (χ4n) is 2.26. The standard InChI is InChI=1S/C16H23NO4/c1-19-11-6-12-20-14-7-5-8-15(13-14)21-16(18)17-9-3-2-4-10-17/h5,7-8,13H,2-4,6,9-12H2,1H3. The summed E-state index contributed by atoms with van der Waals surface area (Å²) in [5.74, 6) is 1.23. The fraction of sp³-hybridized carbons (Fsp3) is 0.562. The van der Waals surface area contributed by atoms with Gasteiger partial charge in [-0.1, -0.05) is 6.07 Å². The third-order valence-electron chi connectivity index (χ3n) is 3.39. The maximum atomic E-state index is 12.0. The van der Waals surface area contributed by atoms with Gasteiger partial charge in [0.1, 0.15) is 11.5 Å². The van der Waals surface area contributed by atoms with Gasteiger partial charge in [0.15, 0.2) is 0 Å². The molecule has 0 N–H and O–H groups in total. The van der Waals surface area contributed by atoms with Crippen molar-refractivity contribution < 1.29 is 19.0 Å². The number of carbonyl (C=O) groups excluding carboxylic acids is 1. The van der Waals surface area contributed by atoms with Gasteiger partial charge in [0, 0.05) is 39.3 Å². The number of ether oxygens (including phenoxy) is 3. The Morgan fingerprint density at radius 3 is 2.67 bits per heavy atom. The van der Waals surface area contributed by atoms with E-state index in [9.17, 15) is 4.79 Å². The lowest BCUT2D eigenvalue weighted by molar-refractivity contribution is 0.142. The summed E-state index contributed by atoms with van der Waals surface area (Å²) in [5, 5.41) is 0. The molecular formula is C16H23NO4. The van der Waals surface area contributed by atoms with Crippen molar-refractivity contribution in [3.05, 3.63) is 24.3 Å². The molecule has 1 aromatic rings. The summed E-state index contributed by atoms with van der Waals surface area (Å²) in [6, 6.07) is 7.19. The van der Waals surface area contributed by atoms with Crippen LogP contribution in [0.25, 0.3) is 0 Å². The summed E-state index contributed by atoms with van der Waals surface area (Å²) in [5.41, 5.74) is 0. The molecule has 116 valence electrons. The Hall–Kier alpha value is -1.75. The third-order valence-corrected chi connectivity index (χ3v) is 3.39. The number of carbonyl (C=O) groups is 1. The molecule has 21 heavy (non-hydrogen) atoms. The highest BCUT2D eigenvalue weighted by molar-refractivity contribution is 5.70. The molecule has 0 aromatic heterocycles. The molecule has 0 saturated carbocycles. The van der Waals surface area contributed by atoms with E-state index in [-0.39, 0.29) is 6.09 Å². The normalized spacial score (nSPS) is 14.8. The first-order valence-corrected chi connectivity index (χ1v) is 7.48. The Bertz CT molecular complexity index is 444. The fourth-order valence-corrected chi connectivity index (χ4v) is 2.26. The van der Waals surface area contributed by atoms with Gasteiger partial charge in [-0.15, -0.1) is 0 Å². The van der Waals surface area contributed by atoms with Gasteiger partial charge in [0.05, 0.1) is 6.61 Å². The second-order valence-corrected chi connectivity index (χ2v) is 5.09. The number of nitrogens with zero attached hydrogens (tertiary/aromatic N) is 1. The largest absolute Gasteiger partial charge is 0.493 e. The number of amides is 1. The van der Waals surface area contributed by atoms with Crippen molar-refractivity contribution in [3.63, 3.8) is 0 Å². The number of piperidine rings is 1. The number of methoxy groups -OCH3 is 1.